The number of benzene rings is 2. The Morgan fingerprint density at radius 3 is 2.19 bits per heavy atom. The van der Waals surface area contributed by atoms with Gasteiger partial charge in [-0.1, -0.05) is 68.4 Å². The highest BCUT2D eigenvalue weighted by Gasteiger charge is 2.26. The van der Waals surface area contributed by atoms with Crippen molar-refractivity contribution >= 4 is 5.91 Å². The molecule has 3 nitrogen and oxygen atoms in total. The molecular weight excluding hydrogens is 332 g/mol. The summed E-state index contributed by atoms with van der Waals surface area (Å²) in [6.45, 7) is 9.47. The van der Waals surface area contributed by atoms with Crippen molar-refractivity contribution < 1.29 is 4.79 Å². The van der Waals surface area contributed by atoms with Gasteiger partial charge in [0.2, 0.25) is 5.91 Å². The molecule has 0 aromatic heterocycles. The number of carbonyl (C=O) groups excluding carboxylic acids is 1. The molecule has 0 saturated carbocycles. The average Bonchev–Trinajstić information content (AvgIpc) is 2.69. The monoisotopic (exact) mass is 364 g/mol. The molecule has 0 aliphatic carbocycles. The first-order valence-corrected chi connectivity index (χ1v) is 10.2. The van der Waals surface area contributed by atoms with E-state index in [9.17, 15) is 4.79 Å². The van der Waals surface area contributed by atoms with Crippen molar-refractivity contribution in [1.82, 2.24) is 10.2 Å². The molecule has 0 spiro atoms. The first-order valence-electron chi connectivity index (χ1n) is 10.2. The Hall–Kier alpha value is -2.13. The molecule has 1 atom stereocenters. The molecule has 0 bridgehead atoms. The topological polar surface area (TPSA) is 32.3 Å². The summed E-state index contributed by atoms with van der Waals surface area (Å²) >= 11 is 0. The third-order valence-electron chi connectivity index (χ3n) is 5.67. The van der Waals surface area contributed by atoms with Gasteiger partial charge in [-0.3, -0.25) is 9.69 Å². The van der Waals surface area contributed by atoms with E-state index in [-0.39, 0.29) is 17.9 Å². The van der Waals surface area contributed by atoms with Crippen LogP contribution in [-0.2, 0) is 11.3 Å². The molecule has 144 valence electrons. The van der Waals surface area contributed by atoms with Crippen LogP contribution in [0.5, 0.6) is 0 Å². The second-order valence-electron chi connectivity index (χ2n) is 8.09. The molecule has 0 radical (unpaired) electrons. The molecule has 1 N–H and O–H groups in total. The number of hydrogen-bond donors (Lipinski definition) is 1. The van der Waals surface area contributed by atoms with Crippen LogP contribution in [0.4, 0.5) is 0 Å². The molecular formula is C24H32N2O. The Morgan fingerprint density at radius 1 is 0.963 bits per heavy atom. The van der Waals surface area contributed by atoms with Crippen LogP contribution in [0.3, 0.4) is 0 Å². The SMILES string of the molecule is CC(C)c1ccc(CN2CCC(C(=O)N[C@H](C)c3ccccc3)CC2)cc1. The molecule has 0 unspecified atom stereocenters. The smallest absolute Gasteiger partial charge is 0.223 e. The molecule has 2 aromatic carbocycles. The summed E-state index contributed by atoms with van der Waals surface area (Å²) in [5.41, 5.74) is 3.91. The number of piperidine rings is 1. The Labute approximate surface area is 163 Å². The molecule has 1 heterocycles. The number of nitrogens with one attached hydrogen (secondary N) is 1. The second kappa shape index (κ2) is 9.18. The summed E-state index contributed by atoms with van der Waals surface area (Å²) in [6, 6.07) is 19.2. The van der Waals surface area contributed by atoms with Crippen molar-refractivity contribution in [1.29, 1.82) is 0 Å². The molecule has 2 aromatic rings. The largest absolute Gasteiger partial charge is 0.349 e. The molecule has 3 rings (SSSR count). The van der Waals surface area contributed by atoms with E-state index in [1.54, 1.807) is 0 Å². The first kappa shape index (κ1) is 19.6. The van der Waals surface area contributed by atoms with Crippen LogP contribution in [0.1, 0.15) is 62.3 Å². The predicted molar refractivity (Wildman–Crippen MR) is 112 cm³/mol. The van der Waals surface area contributed by atoms with Gasteiger partial charge >= 0.3 is 0 Å². The van der Waals surface area contributed by atoms with Gasteiger partial charge in [-0.25, -0.2) is 0 Å². The minimum Gasteiger partial charge on any atom is -0.349 e. The van der Waals surface area contributed by atoms with Crippen LogP contribution in [0.15, 0.2) is 54.6 Å². The van der Waals surface area contributed by atoms with E-state index in [1.165, 1.54) is 11.1 Å². The van der Waals surface area contributed by atoms with Gasteiger partial charge in [0.1, 0.15) is 0 Å². The summed E-state index contributed by atoms with van der Waals surface area (Å²) in [5.74, 6) is 0.912. The van der Waals surface area contributed by atoms with Gasteiger partial charge in [0.25, 0.3) is 0 Å². The maximum atomic E-state index is 12.6. The van der Waals surface area contributed by atoms with Crippen LogP contribution in [0, 0.1) is 5.92 Å². The number of rotatable bonds is 6. The van der Waals surface area contributed by atoms with E-state index in [0.29, 0.717) is 5.92 Å². The van der Waals surface area contributed by atoms with Gasteiger partial charge in [-0.15, -0.1) is 0 Å². The highest BCUT2D eigenvalue weighted by atomic mass is 16.1. The number of nitrogens with zero attached hydrogens (tertiary/aromatic N) is 1. The number of carbonyl (C=O) groups is 1. The van der Waals surface area contributed by atoms with Crippen molar-refractivity contribution in [3.05, 3.63) is 71.3 Å². The van der Waals surface area contributed by atoms with Crippen LogP contribution < -0.4 is 5.32 Å². The fraction of sp³-hybridized carbons (Fsp3) is 0.458. The fourth-order valence-electron chi connectivity index (χ4n) is 3.78. The standard InChI is InChI=1S/C24H32N2O/c1-18(2)21-11-9-20(10-12-21)17-26-15-13-23(14-16-26)24(27)25-19(3)22-7-5-4-6-8-22/h4-12,18-19,23H,13-17H2,1-3H3,(H,25,27)/t19-/m1/s1. The van der Waals surface area contributed by atoms with E-state index >= 15 is 0 Å². The van der Waals surface area contributed by atoms with Crippen molar-refractivity contribution in [2.75, 3.05) is 13.1 Å². The summed E-state index contributed by atoms with van der Waals surface area (Å²) < 4.78 is 0. The summed E-state index contributed by atoms with van der Waals surface area (Å²) in [4.78, 5) is 15.1. The van der Waals surface area contributed by atoms with Crippen molar-refractivity contribution in [2.45, 2.75) is 52.1 Å². The lowest BCUT2D eigenvalue weighted by atomic mass is 9.94. The maximum Gasteiger partial charge on any atom is 0.223 e. The summed E-state index contributed by atoms with van der Waals surface area (Å²) in [6.07, 6.45) is 1.88. The molecule has 1 aliphatic heterocycles. The van der Waals surface area contributed by atoms with Crippen molar-refractivity contribution in [2.24, 2.45) is 5.92 Å². The van der Waals surface area contributed by atoms with E-state index in [2.05, 4.69) is 67.4 Å². The van der Waals surface area contributed by atoms with Gasteiger partial charge < -0.3 is 5.32 Å². The quantitative estimate of drug-likeness (QED) is 0.791. The summed E-state index contributed by atoms with van der Waals surface area (Å²) in [5, 5.41) is 3.19. The Bertz CT molecular complexity index is 716. The van der Waals surface area contributed by atoms with Gasteiger partial charge in [-0.2, -0.15) is 0 Å². The van der Waals surface area contributed by atoms with Crippen LogP contribution in [0.2, 0.25) is 0 Å². The third-order valence-corrected chi connectivity index (χ3v) is 5.67. The normalized spacial score (nSPS) is 17.0. The fourth-order valence-corrected chi connectivity index (χ4v) is 3.78. The zero-order chi connectivity index (χ0) is 19.2. The van der Waals surface area contributed by atoms with Crippen LogP contribution in [0.25, 0.3) is 0 Å². The minimum atomic E-state index is 0.0659. The van der Waals surface area contributed by atoms with Crippen molar-refractivity contribution in [3.63, 3.8) is 0 Å². The van der Waals surface area contributed by atoms with Crippen LogP contribution >= 0.6 is 0 Å². The average molecular weight is 365 g/mol. The molecule has 27 heavy (non-hydrogen) atoms. The summed E-state index contributed by atoms with van der Waals surface area (Å²) in [7, 11) is 0. The number of amides is 1. The van der Waals surface area contributed by atoms with Gasteiger partial charge in [0, 0.05) is 12.5 Å². The van der Waals surface area contributed by atoms with E-state index in [0.717, 1.165) is 38.0 Å². The number of hydrogen-bond acceptors (Lipinski definition) is 2. The highest BCUT2D eigenvalue weighted by molar-refractivity contribution is 5.79. The van der Waals surface area contributed by atoms with Gasteiger partial charge in [0.05, 0.1) is 6.04 Å². The highest BCUT2D eigenvalue weighted by Crippen LogP contribution is 2.22. The number of likely N-dealkylation sites (tertiary alicyclic amines) is 1. The lowest BCUT2D eigenvalue weighted by molar-refractivity contribution is -0.127. The third kappa shape index (κ3) is 5.43. The second-order valence-corrected chi connectivity index (χ2v) is 8.09. The minimum absolute atomic E-state index is 0.0659. The van der Waals surface area contributed by atoms with E-state index < -0.39 is 0 Å². The zero-order valence-corrected chi connectivity index (χ0v) is 16.8. The van der Waals surface area contributed by atoms with Crippen LogP contribution in [-0.4, -0.2) is 23.9 Å². The predicted octanol–water partition coefficient (Wildman–Crippen LogP) is 4.90. The zero-order valence-electron chi connectivity index (χ0n) is 16.8. The Balaban J connectivity index is 1.46. The maximum absolute atomic E-state index is 12.6. The van der Waals surface area contributed by atoms with Crippen molar-refractivity contribution in [3.8, 4) is 0 Å². The van der Waals surface area contributed by atoms with E-state index in [1.807, 2.05) is 18.2 Å². The molecule has 1 fully saturated rings. The molecule has 1 saturated heterocycles. The Morgan fingerprint density at radius 2 is 1.59 bits per heavy atom. The lowest BCUT2D eigenvalue weighted by Gasteiger charge is -2.32. The van der Waals surface area contributed by atoms with Gasteiger partial charge in [0.15, 0.2) is 0 Å². The van der Waals surface area contributed by atoms with Gasteiger partial charge in [-0.05, 0) is 55.5 Å². The Kier molecular flexibility index (Phi) is 6.68. The lowest BCUT2D eigenvalue weighted by Crippen LogP contribution is -2.40. The van der Waals surface area contributed by atoms with E-state index in [4.69, 9.17) is 0 Å². The molecule has 1 aliphatic rings. The molecule has 3 heteroatoms. The molecule has 1 amide bonds. The first-order chi connectivity index (χ1) is 13.0.